The van der Waals surface area contributed by atoms with Gasteiger partial charge in [0.1, 0.15) is 0 Å². The third-order valence-corrected chi connectivity index (χ3v) is 0. The van der Waals surface area contributed by atoms with E-state index in [1.54, 1.807) is 0 Å². The van der Waals surface area contributed by atoms with Crippen LogP contribution >= 0.6 is 0 Å². The van der Waals surface area contributed by atoms with E-state index in [1.807, 2.05) is 0 Å². The van der Waals surface area contributed by atoms with Crippen LogP contribution in [0.25, 0.3) is 0 Å². The first kappa shape index (κ1) is 8.82. The highest BCUT2D eigenvalue weighted by molar-refractivity contribution is 5.75. The number of hydrogen-bond acceptors (Lipinski definition) is 1. The maximum atomic E-state index is 9.69. The van der Waals surface area contributed by atoms with Crippen molar-refractivity contribution >= 4 is 14.7 Å². The number of hydrogen-bond donors (Lipinski definition) is 0. The second kappa shape index (κ2) is 3.59. The van der Waals surface area contributed by atoms with Crippen LogP contribution in [0.15, 0.2) is 0 Å². The Bertz CT molecular complexity index is 32.6. The van der Waals surface area contributed by atoms with Crippen LogP contribution in [-0.4, -0.2) is 14.7 Å². The molecule has 0 bridgehead atoms. The van der Waals surface area contributed by atoms with Gasteiger partial charge in [-0.1, -0.05) is 0 Å². The molecule has 27 valence electrons. The highest BCUT2D eigenvalue weighted by Gasteiger charge is 1.78. The summed E-state index contributed by atoms with van der Waals surface area (Å²) in [6.07, 6.45) is -2.83. The Hall–Kier alpha value is -0.405. The number of halogens is 2. The number of carbonyl (C=O) groups is 1. The summed E-state index contributed by atoms with van der Waals surface area (Å²) in [6.45, 7) is 0. The van der Waals surface area contributed by atoms with Crippen molar-refractivity contribution in [3.63, 3.8) is 0 Å². The maximum Gasteiger partial charge on any atom is 0.483 e. The van der Waals surface area contributed by atoms with Gasteiger partial charge < -0.3 is 0 Å². The third kappa shape index (κ3) is 55.7. The fraction of sp³-hybridized carbons (Fsp3) is 0. The molecule has 1 nitrogen and oxygen atoms in total. The predicted molar refractivity (Wildman–Crippen MR) is 13.4 cm³/mol. The summed E-state index contributed by atoms with van der Waals surface area (Å²) in [7, 11) is 0. The van der Waals surface area contributed by atoms with Crippen molar-refractivity contribution in [3.8, 4) is 0 Å². The fourth-order valence-corrected chi connectivity index (χ4v) is 0. The van der Waals surface area contributed by atoms with Gasteiger partial charge >= 0.3 is 6.29 Å². The average Bonchev–Trinajstić information content (AvgIpc) is 0.811. The van der Waals surface area contributed by atoms with Crippen molar-refractivity contribution in [2.45, 2.75) is 0 Å². The van der Waals surface area contributed by atoms with Gasteiger partial charge in [0.25, 0.3) is 0 Å². The summed E-state index contributed by atoms with van der Waals surface area (Å²) in [5, 5.41) is 0. The van der Waals surface area contributed by atoms with Gasteiger partial charge in [0, 0.05) is 8.41 Å². The molecule has 0 aromatic heterocycles. The average molecular weight is 76.8 g/mol. The molecule has 0 aromatic rings. The molecule has 5 heavy (non-hydrogen) atoms. The van der Waals surface area contributed by atoms with E-state index in [2.05, 4.69) is 0 Å². The highest BCUT2D eigenvalue weighted by atomic mass is 19.3. The summed E-state index contributed by atoms with van der Waals surface area (Å²) < 4.78 is 19.4. The molecule has 0 spiro atoms. The van der Waals surface area contributed by atoms with Crippen molar-refractivity contribution in [2.75, 3.05) is 0 Å². The summed E-state index contributed by atoms with van der Waals surface area (Å²) >= 11 is 0. The lowest BCUT2D eigenvalue weighted by molar-refractivity contribution is 0.199. The lowest BCUT2D eigenvalue weighted by atomic mass is 10.8. The molecule has 0 saturated heterocycles. The summed E-state index contributed by atoms with van der Waals surface area (Å²) in [4.78, 5) is 8.11. The van der Waals surface area contributed by atoms with Crippen LogP contribution in [0.4, 0.5) is 13.6 Å². The minimum atomic E-state index is -2.83. The molecule has 0 rings (SSSR count). The Morgan fingerprint density at radius 1 is 1.40 bits per heavy atom. The largest absolute Gasteiger partial charge is 0.483 e. The van der Waals surface area contributed by atoms with E-state index in [4.69, 9.17) is 4.79 Å². The fourth-order valence-electron chi connectivity index (χ4n) is 0. The smallest absolute Gasteiger partial charge is 0.219 e. The van der Waals surface area contributed by atoms with Crippen LogP contribution in [-0.2, 0) is 0 Å². The second-order valence-electron chi connectivity index (χ2n) is 0.226. The minimum Gasteiger partial charge on any atom is -0.219 e. The van der Waals surface area contributed by atoms with Gasteiger partial charge in [-0.3, -0.25) is 0 Å². The Morgan fingerprint density at radius 3 is 1.40 bits per heavy atom. The van der Waals surface area contributed by atoms with Crippen molar-refractivity contribution in [2.24, 2.45) is 0 Å². The van der Waals surface area contributed by atoms with Gasteiger partial charge in [-0.15, -0.1) is 8.78 Å². The first-order valence-corrected chi connectivity index (χ1v) is 0.582. The van der Waals surface area contributed by atoms with Crippen molar-refractivity contribution in [1.29, 1.82) is 0 Å². The molecular formula is CBF2O. The van der Waals surface area contributed by atoms with Crippen LogP contribution < -0.4 is 0 Å². The first-order valence-electron chi connectivity index (χ1n) is 0.582. The summed E-state index contributed by atoms with van der Waals surface area (Å²) in [6, 6.07) is 0. The minimum absolute atomic E-state index is 0. The van der Waals surface area contributed by atoms with Crippen molar-refractivity contribution in [1.82, 2.24) is 0 Å². The molecule has 0 fully saturated rings. The molecule has 0 heterocycles. The molecule has 0 atom stereocenters. The zero-order valence-corrected chi connectivity index (χ0v) is 2.24. The van der Waals surface area contributed by atoms with Crippen LogP contribution in [0.5, 0.6) is 0 Å². The second-order valence-corrected chi connectivity index (χ2v) is 0.226. The van der Waals surface area contributed by atoms with Crippen LogP contribution in [0.3, 0.4) is 0 Å². The van der Waals surface area contributed by atoms with Gasteiger partial charge in [-0.05, 0) is 0 Å². The zero-order chi connectivity index (χ0) is 3.58. The standard InChI is InChI=1S/CF2O.B/c2-1(3)4;. The molecular weight excluding hydrogens is 76.8 g/mol. The lowest BCUT2D eigenvalue weighted by Gasteiger charge is -1.45. The van der Waals surface area contributed by atoms with Gasteiger partial charge in [0.05, 0.1) is 0 Å². The molecule has 0 aliphatic heterocycles. The molecule has 0 amide bonds. The van der Waals surface area contributed by atoms with Crippen LogP contribution in [0.2, 0.25) is 0 Å². The Labute approximate surface area is 29.6 Å². The van der Waals surface area contributed by atoms with E-state index in [1.165, 1.54) is 0 Å². The summed E-state index contributed by atoms with van der Waals surface area (Å²) in [5.41, 5.74) is 0. The first-order chi connectivity index (χ1) is 1.73. The van der Waals surface area contributed by atoms with Crippen molar-refractivity contribution in [3.05, 3.63) is 0 Å². The molecule has 4 heteroatoms. The van der Waals surface area contributed by atoms with Gasteiger partial charge in [-0.2, -0.15) is 0 Å². The lowest BCUT2D eigenvalue weighted by Crippen LogP contribution is -1.54. The quantitative estimate of drug-likeness (QED) is 0.306. The molecule has 0 aliphatic rings. The number of carbonyl (C=O) groups excluding carboxylic acids is 1. The molecule has 0 unspecified atom stereocenters. The van der Waals surface area contributed by atoms with Crippen molar-refractivity contribution < 1.29 is 13.6 Å². The molecule has 0 aliphatic carbocycles. The summed E-state index contributed by atoms with van der Waals surface area (Å²) in [5.74, 6) is 0. The molecule has 3 radical (unpaired) electrons. The zero-order valence-electron chi connectivity index (χ0n) is 2.24. The predicted octanol–water partition coefficient (Wildman–Crippen LogP) is 0.665. The SMILES string of the molecule is O=C(F)F.[B]. The van der Waals surface area contributed by atoms with E-state index in [-0.39, 0.29) is 8.41 Å². The molecule has 0 N–H and O–H groups in total. The third-order valence-electron chi connectivity index (χ3n) is 0. The topological polar surface area (TPSA) is 17.1 Å². The maximum absolute atomic E-state index is 9.69. The van der Waals surface area contributed by atoms with E-state index in [9.17, 15) is 8.78 Å². The Balaban J connectivity index is 0. The van der Waals surface area contributed by atoms with Gasteiger partial charge in [-0.25, -0.2) is 4.79 Å². The van der Waals surface area contributed by atoms with Crippen LogP contribution in [0, 0.1) is 0 Å². The van der Waals surface area contributed by atoms with E-state index >= 15 is 0 Å². The molecule has 0 saturated carbocycles. The van der Waals surface area contributed by atoms with E-state index < -0.39 is 6.29 Å². The highest BCUT2D eigenvalue weighted by Crippen LogP contribution is 1.70. The monoisotopic (exact) mass is 77.0 g/mol. The van der Waals surface area contributed by atoms with Crippen LogP contribution in [0.1, 0.15) is 0 Å². The Morgan fingerprint density at radius 2 is 1.40 bits per heavy atom. The normalized spacial score (nSPS) is 5.20. The Kier molecular flexibility index (Phi) is 6.34. The van der Waals surface area contributed by atoms with E-state index in [0.29, 0.717) is 0 Å². The number of rotatable bonds is 0. The van der Waals surface area contributed by atoms with E-state index in [0.717, 1.165) is 0 Å². The van der Waals surface area contributed by atoms with Gasteiger partial charge in [0.2, 0.25) is 0 Å². The molecule has 0 aromatic carbocycles. The van der Waals surface area contributed by atoms with Gasteiger partial charge in [0.15, 0.2) is 0 Å².